The summed E-state index contributed by atoms with van der Waals surface area (Å²) in [5, 5.41) is 5.76. The third-order valence-electron chi connectivity index (χ3n) is 2.78. The summed E-state index contributed by atoms with van der Waals surface area (Å²) in [6, 6.07) is -0.143. The second-order valence-corrected chi connectivity index (χ2v) is 4.54. The molecule has 21 heavy (non-hydrogen) atoms. The maximum atomic E-state index is 11.3. The molecule has 0 aliphatic carbocycles. The van der Waals surface area contributed by atoms with Gasteiger partial charge in [0.05, 0.1) is 0 Å². The van der Waals surface area contributed by atoms with E-state index in [0.717, 1.165) is 13.1 Å². The third kappa shape index (κ3) is 5.28. The summed E-state index contributed by atoms with van der Waals surface area (Å²) in [5.74, 6) is 1.13. The van der Waals surface area contributed by atoms with Crippen LogP contribution in [0, 0.1) is 0 Å². The van der Waals surface area contributed by atoms with Crippen molar-refractivity contribution in [3.8, 4) is 0 Å². The Balaban J connectivity index is 2.57. The molecule has 0 aromatic carbocycles. The van der Waals surface area contributed by atoms with E-state index >= 15 is 0 Å². The van der Waals surface area contributed by atoms with Gasteiger partial charge in [-0.3, -0.25) is 0 Å². The predicted molar refractivity (Wildman–Crippen MR) is 83.4 cm³/mol. The fourth-order valence-electron chi connectivity index (χ4n) is 1.61. The highest BCUT2D eigenvalue weighted by atomic mass is 16.2. The number of nitrogens with two attached hydrogens (primary N) is 1. The summed E-state index contributed by atoms with van der Waals surface area (Å²) in [4.78, 5) is 27.3. The number of rotatable bonds is 7. The van der Waals surface area contributed by atoms with Gasteiger partial charge in [-0.05, 0) is 13.8 Å². The summed E-state index contributed by atoms with van der Waals surface area (Å²) < 4.78 is 0. The zero-order valence-corrected chi connectivity index (χ0v) is 13.1. The minimum Gasteiger partial charge on any atom is -0.368 e. The number of aromatic nitrogens is 3. The Morgan fingerprint density at radius 2 is 1.81 bits per heavy atom. The highest BCUT2D eigenvalue weighted by molar-refractivity contribution is 5.73. The van der Waals surface area contributed by atoms with Crippen LogP contribution in [0.5, 0.6) is 0 Å². The first-order chi connectivity index (χ1) is 9.97. The van der Waals surface area contributed by atoms with Gasteiger partial charge in [-0.15, -0.1) is 0 Å². The van der Waals surface area contributed by atoms with E-state index in [1.807, 2.05) is 18.7 Å². The van der Waals surface area contributed by atoms with Crippen LogP contribution < -0.4 is 21.3 Å². The highest BCUT2D eigenvalue weighted by Gasteiger charge is 2.09. The maximum absolute atomic E-state index is 11.3. The van der Waals surface area contributed by atoms with Gasteiger partial charge in [-0.25, -0.2) is 4.79 Å². The molecular weight excluding hydrogens is 272 g/mol. The molecule has 0 saturated heterocycles. The Labute approximate surface area is 124 Å². The van der Waals surface area contributed by atoms with Gasteiger partial charge in [0.15, 0.2) is 0 Å². The van der Waals surface area contributed by atoms with Crippen molar-refractivity contribution >= 4 is 23.9 Å². The van der Waals surface area contributed by atoms with Gasteiger partial charge in [0.2, 0.25) is 17.8 Å². The van der Waals surface area contributed by atoms with E-state index in [0.29, 0.717) is 25.0 Å². The molecule has 1 heterocycles. The lowest BCUT2D eigenvalue weighted by Crippen LogP contribution is -2.37. The normalized spacial score (nSPS) is 10.1. The zero-order chi connectivity index (χ0) is 15.8. The average molecular weight is 296 g/mol. The van der Waals surface area contributed by atoms with Crippen molar-refractivity contribution < 1.29 is 4.79 Å². The van der Waals surface area contributed by atoms with E-state index in [4.69, 9.17) is 5.73 Å². The van der Waals surface area contributed by atoms with Gasteiger partial charge in [-0.1, -0.05) is 0 Å². The molecule has 0 fully saturated rings. The number of nitrogens with zero attached hydrogens (tertiary/aromatic N) is 5. The Bertz CT molecular complexity index is 461. The monoisotopic (exact) mass is 296 g/mol. The molecule has 1 rings (SSSR count). The lowest BCUT2D eigenvalue weighted by Gasteiger charge is -2.19. The van der Waals surface area contributed by atoms with Crippen molar-refractivity contribution in [1.82, 2.24) is 25.2 Å². The summed E-state index contributed by atoms with van der Waals surface area (Å²) in [6.07, 6.45) is 0. The van der Waals surface area contributed by atoms with Gasteiger partial charge < -0.3 is 26.2 Å². The largest absolute Gasteiger partial charge is 0.368 e. The number of hydrogen-bond acceptors (Lipinski definition) is 7. The average Bonchev–Trinajstić information content (AvgIpc) is 2.44. The number of urea groups is 1. The number of anilines is 3. The van der Waals surface area contributed by atoms with E-state index < -0.39 is 0 Å². The first-order valence-corrected chi connectivity index (χ1v) is 6.93. The molecule has 1 aromatic heterocycles. The summed E-state index contributed by atoms with van der Waals surface area (Å²) in [7, 11) is 3.37. The van der Waals surface area contributed by atoms with E-state index in [2.05, 4.69) is 25.6 Å². The molecular formula is C12H24N8O. The Hall–Kier alpha value is -2.32. The van der Waals surface area contributed by atoms with Crippen LogP contribution in [0.1, 0.15) is 13.8 Å². The summed E-state index contributed by atoms with van der Waals surface area (Å²) >= 11 is 0. The number of carbonyl (C=O) groups excluding carboxylic acids is 1. The van der Waals surface area contributed by atoms with E-state index in [9.17, 15) is 4.79 Å². The van der Waals surface area contributed by atoms with Crippen molar-refractivity contribution in [1.29, 1.82) is 0 Å². The van der Waals surface area contributed by atoms with Gasteiger partial charge in [0, 0.05) is 40.3 Å². The second-order valence-electron chi connectivity index (χ2n) is 4.54. The van der Waals surface area contributed by atoms with Crippen molar-refractivity contribution in [2.45, 2.75) is 13.8 Å². The minimum absolute atomic E-state index is 0.143. The zero-order valence-electron chi connectivity index (χ0n) is 13.1. The van der Waals surface area contributed by atoms with Gasteiger partial charge in [0.1, 0.15) is 0 Å². The number of hydrogen-bond donors (Lipinski definition) is 3. The topological polar surface area (TPSA) is 112 Å². The molecule has 0 spiro atoms. The third-order valence-corrected chi connectivity index (χ3v) is 2.78. The van der Waals surface area contributed by atoms with Crippen LogP contribution in [0.2, 0.25) is 0 Å². The SMILES string of the molecule is CCN(CC)c1nc(N)nc(NCCNC(=O)N(C)C)n1. The van der Waals surface area contributed by atoms with E-state index in [-0.39, 0.29) is 12.0 Å². The summed E-state index contributed by atoms with van der Waals surface area (Å²) in [5.41, 5.74) is 5.69. The first kappa shape index (κ1) is 16.7. The fraction of sp³-hybridized carbons (Fsp3) is 0.667. The molecule has 4 N–H and O–H groups in total. The first-order valence-electron chi connectivity index (χ1n) is 6.93. The predicted octanol–water partition coefficient (Wildman–Crippen LogP) is -0.0169. The number of nitrogen functional groups attached to an aromatic ring is 1. The second kappa shape index (κ2) is 8.08. The summed E-state index contributed by atoms with van der Waals surface area (Å²) in [6.45, 7) is 6.58. The minimum atomic E-state index is -0.143. The molecule has 0 saturated carbocycles. The number of nitrogens with one attached hydrogen (secondary N) is 2. The van der Waals surface area contributed by atoms with Crippen LogP contribution in [-0.4, -0.2) is 66.2 Å². The highest BCUT2D eigenvalue weighted by Crippen LogP contribution is 2.11. The quantitative estimate of drug-likeness (QED) is 0.606. The van der Waals surface area contributed by atoms with Crippen molar-refractivity contribution in [3.05, 3.63) is 0 Å². The van der Waals surface area contributed by atoms with Crippen LogP contribution in [0.15, 0.2) is 0 Å². The van der Waals surface area contributed by atoms with Crippen molar-refractivity contribution in [2.24, 2.45) is 0 Å². The number of amides is 2. The van der Waals surface area contributed by atoms with E-state index in [1.165, 1.54) is 4.90 Å². The number of carbonyl (C=O) groups is 1. The molecule has 0 unspecified atom stereocenters. The van der Waals surface area contributed by atoms with Crippen molar-refractivity contribution in [2.75, 3.05) is 56.2 Å². The van der Waals surface area contributed by atoms with Crippen LogP contribution in [0.25, 0.3) is 0 Å². The Morgan fingerprint density at radius 1 is 1.14 bits per heavy atom. The molecule has 9 nitrogen and oxygen atoms in total. The fourth-order valence-corrected chi connectivity index (χ4v) is 1.61. The van der Waals surface area contributed by atoms with Gasteiger partial charge in [-0.2, -0.15) is 15.0 Å². The molecule has 9 heteroatoms. The van der Waals surface area contributed by atoms with Crippen LogP contribution in [0.3, 0.4) is 0 Å². The molecule has 118 valence electrons. The van der Waals surface area contributed by atoms with Crippen LogP contribution in [-0.2, 0) is 0 Å². The molecule has 0 aliphatic heterocycles. The molecule has 1 aromatic rings. The lowest BCUT2D eigenvalue weighted by atomic mass is 10.5. The van der Waals surface area contributed by atoms with Crippen LogP contribution >= 0.6 is 0 Å². The van der Waals surface area contributed by atoms with Crippen LogP contribution in [0.4, 0.5) is 22.6 Å². The standard InChI is InChI=1S/C12H24N8O/c1-5-20(6-2)11-17-9(13)16-10(18-11)14-7-8-15-12(21)19(3)4/h5-8H2,1-4H3,(H,15,21)(H3,13,14,16,17,18). The molecule has 2 amide bonds. The molecule has 0 bridgehead atoms. The van der Waals surface area contributed by atoms with E-state index in [1.54, 1.807) is 14.1 Å². The van der Waals surface area contributed by atoms with Gasteiger partial charge >= 0.3 is 6.03 Å². The Kier molecular flexibility index (Phi) is 6.44. The Morgan fingerprint density at radius 3 is 2.38 bits per heavy atom. The molecule has 0 radical (unpaired) electrons. The molecule has 0 aliphatic rings. The van der Waals surface area contributed by atoms with Gasteiger partial charge in [0.25, 0.3) is 0 Å². The smallest absolute Gasteiger partial charge is 0.316 e. The maximum Gasteiger partial charge on any atom is 0.316 e. The lowest BCUT2D eigenvalue weighted by molar-refractivity contribution is 0.218. The molecule has 0 atom stereocenters. The van der Waals surface area contributed by atoms with Crippen molar-refractivity contribution in [3.63, 3.8) is 0 Å².